The van der Waals surface area contributed by atoms with Gasteiger partial charge in [0.2, 0.25) is 0 Å². The summed E-state index contributed by atoms with van der Waals surface area (Å²) in [5.41, 5.74) is 0.243. The van der Waals surface area contributed by atoms with Crippen LogP contribution >= 0.6 is 0 Å². The van der Waals surface area contributed by atoms with Gasteiger partial charge in [-0.1, -0.05) is 0 Å². The van der Waals surface area contributed by atoms with Crippen LogP contribution in [-0.2, 0) is 16.5 Å². The molecule has 0 aliphatic carbocycles. The lowest BCUT2D eigenvalue weighted by atomic mass is 10.2. The molecule has 1 heterocycles. The first-order chi connectivity index (χ1) is 6.30. The maximum Gasteiger partial charge on any atom is 0.267 e. The maximum absolute atomic E-state index is 10.7. The Hall–Kier alpha value is -1.21. The average molecular weight is 221 g/mol. The highest BCUT2D eigenvalue weighted by atomic mass is 32.2. The van der Waals surface area contributed by atoms with Crippen molar-refractivity contribution in [2.45, 2.75) is 18.6 Å². The highest BCUT2D eigenvalue weighted by Gasteiger charge is 2.20. The van der Waals surface area contributed by atoms with Crippen LogP contribution in [0.25, 0.3) is 0 Å². The lowest BCUT2D eigenvalue weighted by Crippen LogP contribution is -2.18. The smallest absolute Gasteiger partial charge is 0.267 e. The second kappa shape index (κ2) is 3.50. The molecule has 1 unspecified atom stereocenters. The minimum atomic E-state index is -4.12. The van der Waals surface area contributed by atoms with Crippen molar-refractivity contribution in [1.82, 2.24) is 4.98 Å². The second-order valence-corrected chi connectivity index (χ2v) is 4.89. The fourth-order valence-corrected chi connectivity index (χ4v) is 1.43. The van der Waals surface area contributed by atoms with Crippen molar-refractivity contribution >= 4 is 10.1 Å². The Morgan fingerprint density at radius 2 is 2.07 bits per heavy atom. The normalized spacial score (nSPS) is 14.1. The summed E-state index contributed by atoms with van der Waals surface area (Å²) in [4.78, 5) is 2.20. The highest BCUT2D eigenvalue weighted by molar-refractivity contribution is 7.86. The second-order valence-electron chi connectivity index (χ2n) is 3.06. The van der Waals surface area contributed by atoms with E-state index in [1.165, 1.54) is 13.0 Å². The number of hydrogen-bond acceptors (Lipinski definition) is 4. The quantitative estimate of drug-likeness (QED) is 0.546. The van der Waals surface area contributed by atoms with Gasteiger partial charge in [0.05, 0.1) is 5.25 Å². The van der Waals surface area contributed by atoms with Gasteiger partial charge in [0.25, 0.3) is 10.1 Å². The predicted molar refractivity (Wildman–Crippen MR) is 48.8 cm³/mol. The molecule has 0 saturated carbocycles. The van der Waals surface area contributed by atoms with Gasteiger partial charge < -0.3 is 10.2 Å². The molecule has 0 aromatic carbocycles. The summed E-state index contributed by atoms with van der Waals surface area (Å²) in [5, 5.41) is 17.1. The lowest BCUT2D eigenvalue weighted by Gasteiger charge is -2.05. The van der Waals surface area contributed by atoms with Gasteiger partial charge >= 0.3 is 0 Å². The summed E-state index contributed by atoms with van der Waals surface area (Å²) in [5.74, 6) is -0.543. The third-order valence-corrected chi connectivity index (χ3v) is 3.06. The summed E-state index contributed by atoms with van der Waals surface area (Å²) >= 11 is 0. The number of rotatable bonds is 3. The summed E-state index contributed by atoms with van der Waals surface area (Å²) < 4.78 is 30.0. The molecule has 0 saturated heterocycles. The van der Waals surface area contributed by atoms with Crippen molar-refractivity contribution in [1.29, 1.82) is 0 Å². The number of nitrogens with one attached hydrogen (secondary N) is 1. The fourth-order valence-electron chi connectivity index (χ4n) is 1.04. The first kappa shape index (κ1) is 10.9. The Bertz CT molecular complexity index is 421. The third kappa shape index (κ3) is 2.39. The van der Waals surface area contributed by atoms with Gasteiger partial charge in [-0.25, -0.2) is 0 Å². The van der Waals surface area contributed by atoms with E-state index in [0.717, 1.165) is 0 Å². The van der Waals surface area contributed by atoms with E-state index >= 15 is 0 Å². The Morgan fingerprint density at radius 1 is 1.50 bits per heavy atom. The molecular formula is C7H11NO5S. The monoisotopic (exact) mass is 221 g/mol. The van der Waals surface area contributed by atoms with Gasteiger partial charge in [-0.05, 0) is 13.3 Å². The van der Waals surface area contributed by atoms with Crippen LogP contribution in [0.2, 0.25) is 0 Å². The van der Waals surface area contributed by atoms with E-state index in [1.807, 2.05) is 0 Å². The highest BCUT2D eigenvalue weighted by Crippen LogP contribution is 2.23. The van der Waals surface area contributed by atoms with E-state index in [2.05, 4.69) is 4.98 Å². The molecule has 0 spiro atoms. The molecule has 0 amide bonds. The molecule has 0 aliphatic rings. The average Bonchev–Trinajstić information content (AvgIpc) is 2.28. The van der Waals surface area contributed by atoms with E-state index in [-0.39, 0.29) is 23.7 Å². The van der Waals surface area contributed by atoms with E-state index in [0.29, 0.717) is 0 Å². The summed E-state index contributed by atoms with van der Waals surface area (Å²) in [6.45, 7) is 1.30. The van der Waals surface area contributed by atoms with Crippen molar-refractivity contribution in [3.05, 3.63) is 11.6 Å². The van der Waals surface area contributed by atoms with E-state index in [9.17, 15) is 8.42 Å². The van der Waals surface area contributed by atoms with Crippen LogP contribution < -0.4 is 0 Å². The summed E-state index contributed by atoms with van der Waals surface area (Å²) in [7, 11) is -4.12. The molecule has 80 valence electrons. The molecule has 1 rings (SSSR count). The van der Waals surface area contributed by atoms with Gasteiger partial charge in [-0.3, -0.25) is 9.54 Å². The van der Waals surface area contributed by atoms with Gasteiger partial charge in [0.1, 0.15) is 0 Å². The maximum atomic E-state index is 10.7. The topological polar surface area (TPSA) is 111 Å². The van der Waals surface area contributed by atoms with Gasteiger partial charge in [0.15, 0.2) is 11.8 Å². The van der Waals surface area contributed by atoms with Crippen LogP contribution in [-0.4, -0.2) is 33.4 Å². The van der Waals surface area contributed by atoms with Gasteiger partial charge in [-0.15, -0.1) is 0 Å². The van der Waals surface area contributed by atoms with Gasteiger partial charge in [-0.2, -0.15) is 8.42 Å². The molecular weight excluding hydrogens is 210 g/mol. The van der Waals surface area contributed by atoms with Crippen LogP contribution in [0.15, 0.2) is 6.07 Å². The van der Waals surface area contributed by atoms with E-state index in [1.54, 1.807) is 0 Å². The Kier molecular flexibility index (Phi) is 2.72. The molecule has 0 bridgehead atoms. The molecule has 1 aromatic heterocycles. The summed E-state index contributed by atoms with van der Waals surface area (Å²) in [6, 6.07) is 1.21. The zero-order valence-electron chi connectivity index (χ0n) is 7.43. The Balaban J connectivity index is 2.85. The molecule has 7 heteroatoms. The van der Waals surface area contributed by atoms with Crippen molar-refractivity contribution in [3.8, 4) is 11.8 Å². The zero-order valence-corrected chi connectivity index (χ0v) is 8.24. The summed E-state index contributed by atoms with van der Waals surface area (Å²) in [6.07, 6.45) is -0.0677. The largest absolute Gasteiger partial charge is 0.495 e. The van der Waals surface area contributed by atoms with Crippen molar-refractivity contribution in [3.63, 3.8) is 0 Å². The lowest BCUT2D eigenvalue weighted by molar-refractivity contribution is 0.423. The van der Waals surface area contributed by atoms with Crippen LogP contribution in [0.1, 0.15) is 12.5 Å². The van der Waals surface area contributed by atoms with Crippen LogP contribution in [0, 0.1) is 0 Å². The molecule has 14 heavy (non-hydrogen) atoms. The third-order valence-electron chi connectivity index (χ3n) is 1.88. The first-order valence-corrected chi connectivity index (χ1v) is 5.37. The minimum absolute atomic E-state index is 0.0677. The minimum Gasteiger partial charge on any atom is -0.495 e. The molecule has 0 aliphatic heterocycles. The predicted octanol–water partition coefficient (Wildman–Crippen LogP) is 0.245. The van der Waals surface area contributed by atoms with Crippen molar-refractivity contribution in [2.75, 3.05) is 0 Å². The molecule has 0 fully saturated rings. The molecule has 1 atom stereocenters. The van der Waals surface area contributed by atoms with Crippen LogP contribution in [0.4, 0.5) is 0 Å². The van der Waals surface area contributed by atoms with Gasteiger partial charge in [0, 0.05) is 11.6 Å². The number of aromatic amines is 1. The number of aromatic hydroxyl groups is 2. The molecule has 6 nitrogen and oxygen atoms in total. The number of H-pyrrole nitrogens is 1. The SMILES string of the molecule is CC(Cc1cc(O)[nH]c1O)S(=O)(=O)O. The standard InChI is InChI=1S/C7H11NO5S/c1-4(14(11,12)13)2-5-3-6(9)8-7(5)10/h3-4,8-10H,2H2,1H3,(H,11,12,13). The Labute approximate surface area is 81.0 Å². The number of aromatic nitrogens is 1. The molecule has 4 N–H and O–H groups in total. The van der Waals surface area contributed by atoms with Crippen LogP contribution in [0.3, 0.4) is 0 Å². The Morgan fingerprint density at radius 3 is 2.43 bits per heavy atom. The zero-order chi connectivity index (χ0) is 10.9. The molecule has 1 aromatic rings. The number of hydrogen-bond donors (Lipinski definition) is 4. The van der Waals surface area contributed by atoms with E-state index in [4.69, 9.17) is 14.8 Å². The van der Waals surface area contributed by atoms with Crippen molar-refractivity contribution < 1.29 is 23.2 Å². The van der Waals surface area contributed by atoms with Crippen molar-refractivity contribution in [2.24, 2.45) is 0 Å². The first-order valence-electron chi connectivity index (χ1n) is 3.87. The van der Waals surface area contributed by atoms with E-state index < -0.39 is 15.4 Å². The molecule has 0 radical (unpaired) electrons. The fraction of sp³-hybridized carbons (Fsp3) is 0.429. The van der Waals surface area contributed by atoms with Crippen LogP contribution in [0.5, 0.6) is 11.8 Å².